The predicted octanol–water partition coefficient (Wildman–Crippen LogP) is 2.85. The first kappa shape index (κ1) is 12.8. The number of ketones is 1. The van der Waals surface area contributed by atoms with E-state index in [1.807, 2.05) is 0 Å². The molecule has 0 saturated heterocycles. The quantitative estimate of drug-likeness (QED) is 0.795. The lowest BCUT2D eigenvalue weighted by Crippen LogP contribution is -2.14. The van der Waals surface area contributed by atoms with Gasteiger partial charge in [-0.3, -0.25) is 9.78 Å². The Labute approximate surface area is 108 Å². The summed E-state index contributed by atoms with van der Waals surface area (Å²) in [7, 11) is 0. The summed E-state index contributed by atoms with van der Waals surface area (Å²) >= 11 is 0. The van der Waals surface area contributed by atoms with Gasteiger partial charge in [0.25, 0.3) is 0 Å². The maximum atomic E-state index is 13.5. The number of hydrogen-bond acceptors (Lipinski definition) is 3. The van der Waals surface area contributed by atoms with Crippen LogP contribution in [0.1, 0.15) is 22.0 Å². The normalized spacial score (nSPS) is 11.6. The number of Topliss-reactive ketones (excluding diaryl/α,β-unsaturated/α-hetero) is 1. The van der Waals surface area contributed by atoms with Crippen molar-refractivity contribution in [1.82, 2.24) is 4.98 Å². The monoisotopic (exact) mass is 258 g/mol. The van der Waals surface area contributed by atoms with Crippen LogP contribution in [0.25, 0.3) is 0 Å². The van der Waals surface area contributed by atoms with Crippen LogP contribution in [-0.4, -0.2) is 10.8 Å². The van der Waals surface area contributed by atoms with E-state index in [2.05, 4.69) is 4.98 Å². The third kappa shape index (κ3) is 2.63. The van der Waals surface area contributed by atoms with Crippen molar-refractivity contribution in [3.8, 4) is 6.07 Å². The zero-order chi connectivity index (χ0) is 13.8. The summed E-state index contributed by atoms with van der Waals surface area (Å²) in [5, 5.41) is 9.05. The Kier molecular flexibility index (Phi) is 3.62. The standard InChI is InChI=1S/C14H8F2N2O/c15-9-4-5-10(12(16)7-9)14(19)11(8-17)13-3-1-2-6-18-13/h1-7,11H. The summed E-state index contributed by atoms with van der Waals surface area (Å²) in [5.74, 6) is -3.71. The van der Waals surface area contributed by atoms with Gasteiger partial charge in [0, 0.05) is 12.3 Å². The molecule has 0 aliphatic heterocycles. The van der Waals surface area contributed by atoms with Crippen molar-refractivity contribution in [3.05, 3.63) is 65.5 Å². The number of carbonyl (C=O) groups is 1. The fraction of sp³-hybridized carbons (Fsp3) is 0.0714. The topological polar surface area (TPSA) is 53.8 Å². The highest BCUT2D eigenvalue weighted by Crippen LogP contribution is 2.20. The highest BCUT2D eigenvalue weighted by atomic mass is 19.1. The average Bonchev–Trinajstić information content (AvgIpc) is 2.40. The molecular formula is C14H8F2N2O. The molecule has 0 radical (unpaired) electrons. The smallest absolute Gasteiger partial charge is 0.189 e. The zero-order valence-corrected chi connectivity index (χ0v) is 9.68. The number of hydrogen-bond donors (Lipinski definition) is 0. The lowest BCUT2D eigenvalue weighted by atomic mass is 9.95. The van der Waals surface area contributed by atoms with Gasteiger partial charge in [0.2, 0.25) is 0 Å². The molecule has 1 heterocycles. The number of benzene rings is 1. The number of carbonyl (C=O) groups excluding carboxylic acids is 1. The van der Waals surface area contributed by atoms with E-state index in [1.54, 1.807) is 18.2 Å². The fourth-order valence-electron chi connectivity index (χ4n) is 1.65. The molecule has 0 aliphatic rings. The van der Waals surface area contributed by atoms with Crippen molar-refractivity contribution in [2.45, 2.75) is 5.92 Å². The first-order chi connectivity index (χ1) is 9.13. The van der Waals surface area contributed by atoms with Gasteiger partial charge in [0.1, 0.15) is 11.6 Å². The number of aromatic nitrogens is 1. The fourth-order valence-corrected chi connectivity index (χ4v) is 1.65. The molecule has 0 spiro atoms. The number of halogens is 2. The third-order valence-corrected chi connectivity index (χ3v) is 2.57. The highest BCUT2D eigenvalue weighted by molar-refractivity contribution is 6.02. The van der Waals surface area contributed by atoms with Crippen LogP contribution < -0.4 is 0 Å². The first-order valence-corrected chi connectivity index (χ1v) is 5.43. The van der Waals surface area contributed by atoms with Crippen LogP contribution in [0, 0.1) is 23.0 Å². The minimum atomic E-state index is -1.21. The molecule has 0 bridgehead atoms. The maximum absolute atomic E-state index is 13.5. The summed E-state index contributed by atoms with van der Waals surface area (Å²) in [6.07, 6.45) is 1.44. The molecule has 0 amide bonds. The van der Waals surface area contributed by atoms with Crippen molar-refractivity contribution >= 4 is 5.78 Å². The van der Waals surface area contributed by atoms with Crippen LogP contribution in [-0.2, 0) is 0 Å². The van der Waals surface area contributed by atoms with E-state index < -0.39 is 23.3 Å². The summed E-state index contributed by atoms with van der Waals surface area (Å²) in [6.45, 7) is 0. The Hall–Kier alpha value is -2.61. The van der Waals surface area contributed by atoms with E-state index in [9.17, 15) is 13.6 Å². The van der Waals surface area contributed by atoms with E-state index in [-0.39, 0.29) is 11.3 Å². The second kappa shape index (κ2) is 5.36. The Morgan fingerprint density at radius 2 is 2.05 bits per heavy atom. The Bertz CT molecular complexity index is 650. The van der Waals surface area contributed by atoms with Crippen LogP contribution in [0.5, 0.6) is 0 Å². The molecule has 3 nitrogen and oxygen atoms in total. The van der Waals surface area contributed by atoms with Gasteiger partial charge in [-0.1, -0.05) is 6.07 Å². The Balaban J connectivity index is 2.40. The minimum Gasteiger partial charge on any atom is -0.292 e. The van der Waals surface area contributed by atoms with Crippen LogP contribution in [0.15, 0.2) is 42.6 Å². The average molecular weight is 258 g/mol. The van der Waals surface area contributed by atoms with Crippen LogP contribution in [0.2, 0.25) is 0 Å². The molecule has 1 aromatic carbocycles. The second-order valence-corrected chi connectivity index (χ2v) is 3.81. The van der Waals surface area contributed by atoms with Gasteiger partial charge < -0.3 is 0 Å². The van der Waals surface area contributed by atoms with Gasteiger partial charge >= 0.3 is 0 Å². The second-order valence-electron chi connectivity index (χ2n) is 3.81. The van der Waals surface area contributed by atoms with Crippen LogP contribution in [0.4, 0.5) is 8.78 Å². The molecule has 1 unspecified atom stereocenters. The summed E-state index contributed by atoms with van der Waals surface area (Å²) in [5.41, 5.74) is -0.0858. The highest BCUT2D eigenvalue weighted by Gasteiger charge is 2.25. The third-order valence-electron chi connectivity index (χ3n) is 2.57. The molecule has 19 heavy (non-hydrogen) atoms. The zero-order valence-electron chi connectivity index (χ0n) is 9.68. The van der Waals surface area contributed by atoms with Gasteiger partial charge in [-0.25, -0.2) is 8.78 Å². The molecule has 94 valence electrons. The Morgan fingerprint density at radius 1 is 1.26 bits per heavy atom. The molecule has 2 aromatic rings. The van der Waals surface area contributed by atoms with Crippen molar-refractivity contribution in [1.29, 1.82) is 5.26 Å². The molecule has 0 saturated carbocycles. The van der Waals surface area contributed by atoms with Gasteiger partial charge in [-0.15, -0.1) is 0 Å². The lowest BCUT2D eigenvalue weighted by molar-refractivity contribution is 0.0973. The molecule has 1 aromatic heterocycles. The molecule has 5 heteroatoms. The van der Waals surface area contributed by atoms with Crippen molar-refractivity contribution in [2.24, 2.45) is 0 Å². The first-order valence-electron chi connectivity index (χ1n) is 5.43. The van der Waals surface area contributed by atoms with E-state index in [1.165, 1.54) is 12.3 Å². The van der Waals surface area contributed by atoms with Gasteiger partial charge in [-0.2, -0.15) is 5.26 Å². The molecule has 2 rings (SSSR count). The van der Waals surface area contributed by atoms with Gasteiger partial charge in [-0.05, 0) is 24.3 Å². The van der Waals surface area contributed by atoms with Gasteiger partial charge in [0.05, 0.1) is 17.3 Å². The molecular weight excluding hydrogens is 250 g/mol. The minimum absolute atomic E-state index is 0.235. The van der Waals surface area contributed by atoms with Crippen molar-refractivity contribution in [2.75, 3.05) is 0 Å². The Morgan fingerprint density at radius 3 is 2.63 bits per heavy atom. The van der Waals surface area contributed by atoms with E-state index in [0.29, 0.717) is 6.07 Å². The largest absolute Gasteiger partial charge is 0.292 e. The van der Waals surface area contributed by atoms with E-state index in [4.69, 9.17) is 5.26 Å². The van der Waals surface area contributed by atoms with Crippen LogP contribution in [0.3, 0.4) is 0 Å². The number of pyridine rings is 1. The summed E-state index contributed by atoms with van der Waals surface area (Å²) < 4.78 is 26.3. The number of nitrogens with zero attached hydrogens (tertiary/aromatic N) is 2. The van der Waals surface area contributed by atoms with E-state index >= 15 is 0 Å². The maximum Gasteiger partial charge on any atom is 0.189 e. The van der Waals surface area contributed by atoms with Gasteiger partial charge in [0.15, 0.2) is 11.7 Å². The SMILES string of the molecule is N#CC(C(=O)c1ccc(F)cc1F)c1ccccn1. The van der Waals surface area contributed by atoms with Crippen molar-refractivity contribution in [3.63, 3.8) is 0 Å². The lowest BCUT2D eigenvalue weighted by Gasteiger charge is -2.08. The molecule has 1 atom stereocenters. The summed E-state index contributed by atoms with van der Waals surface area (Å²) in [4.78, 5) is 16.0. The summed E-state index contributed by atoms with van der Waals surface area (Å²) in [6, 6.07) is 9.17. The van der Waals surface area contributed by atoms with Crippen molar-refractivity contribution < 1.29 is 13.6 Å². The molecule has 0 N–H and O–H groups in total. The van der Waals surface area contributed by atoms with Crippen LogP contribution >= 0.6 is 0 Å². The van der Waals surface area contributed by atoms with E-state index in [0.717, 1.165) is 12.1 Å². The molecule has 0 aliphatic carbocycles. The number of nitriles is 1. The predicted molar refractivity (Wildman–Crippen MR) is 63.3 cm³/mol. The molecule has 0 fully saturated rings. The number of rotatable bonds is 3.